The van der Waals surface area contributed by atoms with Gasteiger partial charge in [0.15, 0.2) is 0 Å². The van der Waals surface area contributed by atoms with Crippen molar-refractivity contribution in [2.45, 2.75) is 39.0 Å². The maximum atomic E-state index is 10.5. The molecule has 0 radical (unpaired) electrons. The Morgan fingerprint density at radius 2 is 2.06 bits per heavy atom. The number of rotatable bonds is 3. The fourth-order valence-electron chi connectivity index (χ4n) is 2.48. The fraction of sp³-hybridized carbons (Fsp3) is 0.600. The van der Waals surface area contributed by atoms with Gasteiger partial charge in [0.05, 0.1) is 6.61 Å². The summed E-state index contributed by atoms with van der Waals surface area (Å²) < 4.78 is 5.74. The van der Waals surface area contributed by atoms with Crippen LogP contribution >= 0.6 is 0 Å². The summed E-state index contributed by atoms with van der Waals surface area (Å²) in [6.45, 7) is 8.85. The fourth-order valence-corrected chi connectivity index (χ4v) is 2.48. The van der Waals surface area contributed by atoms with Crippen LogP contribution in [-0.4, -0.2) is 41.8 Å². The summed E-state index contributed by atoms with van der Waals surface area (Å²) >= 11 is 0. The van der Waals surface area contributed by atoms with E-state index in [9.17, 15) is 5.11 Å². The molecule has 1 saturated heterocycles. The highest BCUT2D eigenvalue weighted by Gasteiger charge is 2.29. The van der Waals surface area contributed by atoms with Gasteiger partial charge in [0.25, 0.3) is 0 Å². The Kier molecular flexibility index (Phi) is 4.38. The lowest BCUT2D eigenvalue weighted by Gasteiger charge is -2.37. The molecule has 0 amide bonds. The quantitative estimate of drug-likeness (QED) is 0.891. The van der Waals surface area contributed by atoms with Gasteiger partial charge in [-0.1, -0.05) is 24.3 Å². The van der Waals surface area contributed by atoms with Crippen LogP contribution in [0.15, 0.2) is 24.3 Å². The highest BCUT2D eigenvalue weighted by atomic mass is 16.5. The predicted octanol–water partition coefficient (Wildman–Crippen LogP) is 2.14. The van der Waals surface area contributed by atoms with Crippen LogP contribution in [0, 0.1) is 6.92 Å². The number of hydrogen-bond donors (Lipinski definition) is 1. The molecule has 2 atom stereocenters. The zero-order valence-corrected chi connectivity index (χ0v) is 11.5. The lowest BCUT2D eigenvalue weighted by atomic mass is 9.98. The number of benzene rings is 1. The summed E-state index contributed by atoms with van der Waals surface area (Å²) in [5.41, 5.74) is 2.10. The van der Waals surface area contributed by atoms with Crippen LogP contribution in [0.5, 0.6) is 0 Å². The van der Waals surface area contributed by atoms with Gasteiger partial charge in [0, 0.05) is 19.1 Å². The molecule has 2 unspecified atom stereocenters. The molecule has 1 aliphatic rings. The second kappa shape index (κ2) is 5.83. The van der Waals surface area contributed by atoms with Gasteiger partial charge in [0.1, 0.15) is 12.2 Å². The van der Waals surface area contributed by atoms with Gasteiger partial charge in [-0.3, -0.25) is 4.90 Å². The van der Waals surface area contributed by atoms with Crippen LogP contribution < -0.4 is 0 Å². The minimum atomic E-state index is -0.534. The molecule has 3 heteroatoms. The topological polar surface area (TPSA) is 32.7 Å². The number of ether oxygens (including phenoxy) is 1. The third-order valence-electron chi connectivity index (χ3n) is 3.71. The monoisotopic (exact) mass is 249 g/mol. The second-order valence-electron chi connectivity index (χ2n) is 5.30. The second-order valence-corrected chi connectivity index (χ2v) is 5.30. The minimum absolute atomic E-state index is 0.123. The molecular formula is C15H23NO2. The molecule has 0 saturated carbocycles. The first kappa shape index (κ1) is 13.5. The Hall–Kier alpha value is -0.900. The average molecular weight is 249 g/mol. The molecule has 3 nitrogen and oxygen atoms in total. The Balaban J connectivity index is 2.09. The maximum Gasteiger partial charge on any atom is 0.107 e. The van der Waals surface area contributed by atoms with Gasteiger partial charge in [-0.15, -0.1) is 0 Å². The van der Waals surface area contributed by atoms with Gasteiger partial charge in [-0.05, 0) is 31.9 Å². The summed E-state index contributed by atoms with van der Waals surface area (Å²) in [7, 11) is 0. The summed E-state index contributed by atoms with van der Waals surface area (Å²) in [6.07, 6.45) is -0.657. The van der Waals surface area contributed by atoms with Crippen molar-refractivity contribution in [1.82, 2.24) is 4.90 Å². The van der Waals surface area contributed by atoms with Crippen LogP contribution in [0.1, 0.15) is 31.1 Å². The summed E-state index contributed by atoms with van der Waals surface area (Å²) in [5, 5.41) is 10.5. The third kappa shape index (κ3) is 2.91. The minimum Gasteiger partial charge on any atom is -0.386 e. The highest BCUT2D eigenvalue weighted by Crippen LogP contribution is 2.25. The molecule has 0 aromatic heterocycles. The molecule has 2 rings (SSSR count). The normalized spacial score (nSPS) is 23.3. The third-order valence-corrected chi connectivity index (χ3v) is 3.71. The van der Waals surface area contributed by atoms with E-state index in [1.54, 1.807) is 0 Å². The first-order chi connectivity index (χ1) is 8.59. The SMILES string of the molecule is Cc1ccccc1C(O)C1CN(C(C)C)CCO1. The maximum absolute atomic E-state index is 10.5. The van der Waals surface area contributed by atoms with E-state index in [1.165, 1.54) is 0 Å². The lowest BCUT2D eigenvalue weighted by molar-refractivity contribution is -0.0963. The predicted molar refractivity (Wildman–Crippen MR) is 72.6 cm³/mol. The first-order valence-corrected chi connectivity index (χ1v) is 6.69. The number of aliphatic hydroxyl groups is 1. The van der Waals surface area contributed by atoms with Gasteiger partial charge in [-0.25, -0.2) is 0 Å². The van der Waals surface area contributed by atoms with E-state index in [2.05, 4.69) is 18.7 Å². The van der Waals surface area contributed by atoms with E-state index < -0.39 is 6.10 Å². The smallest absolute Gasteiger partial charge is 0.107 e. The van der Waals surface area contributed by atoms with Crippen LogP contribution in [-0.2, 0) is 4.74 Å². The van der Waals surface area contributed by atoms with E-state index in [4.69, 9.17) is 4.74 Å². The van der Waals surface area contributed by atoms with Gasteiger partial charge in [0.2, 0.25) is 0 Å². The van der Waals surface area contributed by atoms with Crippen molar-refractivity contribution in [3.05, 3.63) is 35.4 Å². The van der Waals surface area contributed by atoms with Gasteiger partial charge >= 0.3 is 0 Å². The van der Waals surface area contributed by atoms with Crippen molar-refractivity contribution in [1.29, 1.82) is 0 Å². The van der Waals surface area contributed by atoms with Gasteiger partial charge in [-0.2, -0.15) is 0 Å². The van der Waals surface area contributed by atoms with E-state index in [0.29, 0.717) is 12.6 Å². The molecule has 1 heterocycles. The van der Waals surface area contributed by atoms with Crippen molar-refractivity contribution in [3.63, 3.8) is 0 Å². The molecule has 0 spiro atoms. The molecule has 1 aromatic carbocycles. The van der Waals surface area contributed by atoms with Gasteiger partial charge < -0.3 is 9.84 Å². The molecule has 1 aliphatic heterocycles. The largest absolute Gasteiger partial charge is 0.386 e. The number of aliphatic hydroxyl groups excluding tert-OH is 1. The van der Waals surface area contributed by atoms with E-state index in [0.717, 1.165) is 24.2 Å². The van der Waals surface area contributed by atoms with Crippen LogP contribution in [0.25, 0.3) is 0 Å². The Morgan fingerprint density at radius 3 is 2.72 bits per heavy atom. The number of hydrogen-bond acceptors (Lipinski definition) is 3. The molecule has 1 N–H and O–H groups in total. The van der Waals surface area contributed by atoms with E-state index in [-0.39, 0.29) is 6.10 Å². The van der Waals surface area contributed by atoms with E-state index in [1.807, 2.05) is 31.2 Å². The van der Waals surface area contributed by atoms with Crippen LogP contribution in [0.3, 0.4) is 0 Å². The van der Waals surface area contributed by atoms with Crippen LogP contribution in [0.2, 0.25) is 0 Å². The lowest BCUT2D eigenvalue weighted by Crippen LogP contribution is -2.47. The molecule has 18 heavy (non-hydrogen) atoms. The summed E-state index contributed by atoms with van der Waals surface area (Å²) in [4.78, 5) is 2.36. The Labute approximate surface area is 109 Å². The van der Waals surface area contributed by atoms with Crippen molar-refractivity contribution in [2.75, 3.05) is 19.7 Å². The Bertz CT molecular complexity index is 392. The highest BCUT2D eigenvalue weighted by molar-refractivity contribution is 5.28. The van der Waals surface area contributed by atoms with Crippen LogP contribution in [0.4, 0.5) is 0 Å². The van der Waals surface area contributed by atoms with Crippen molar-refractivity contribution in [3.8, 4) is 0 Å². The zero-order valence-electron chi connectivity index (χ0n) is 11.5. The number of nitrogens with zero attached hydrogens (tertiary/aromatic N) is 1. The number of aryl methyl sites for hydroxylation is 1. The molecule has 0 bridgehead atoms. The summed E-state index contributed by atoms with van der Waals surface area (Å²) in [6, 6.07) is 8.47. The molecule has 1 aromatic rings. The van der Waals surface area contributed by atoms with Crippen molar-refractivity contribution in [2.24, 2.45) is 0 Å². The molecule has 100 valence electrons. The zero-order chi connectivity index (χ0) is 13.1. The summed E-state index contributed by atoms with van der Waals surface area (Å²) in [5.74, 6) is 0. The van der Waals surface area contributed by atoms with E-state index >= 15 is 0 Å². The van der Waals surface area contributed by atoms with Crippen molar-refractivity contribution < 1.29 is 9.84 Å². The average Bonchev–Trinajstić information content (AvgIpc) is 2.38. The first-order valence-electron chi connectivity index (χ1n) is 6.69. The molecule has 1 fully saturated rings. The Morgan fingerprint density at radius 1 is 1.33 bits per heavy atom. The standard InChI is InChI=1S/C15H23NO2/c1-11(2)16-8-9-18-14(10-16)15(17)13-7-5-4-6-12(13)3/h4-7,11,14-15,17H,8-10H2,1-3H3. The molecular weight excluding hydrogens is 226 g/mol. The van der Waals surface area contributed by atoms with Crippen molar-refractivity contribution >= 4 is 0 Å². The molecule has 0 aliphatic carbocycles. The number of morpholine rings is 1.